The molecule has 1 atom stereocenters. The molecule has 2 heterocycles. The zero-order valence-corrected chi connectivity index (χ0v) is 10.3. The fraction of sp³-hybridized carbons (Fsp3) is 0.500. The Labute approximate surface area is 102 Å². The second-order valence-corrected chi connectivity index (χ2v) is 4.70. The number of aliphatic hydroxyl groups excluding tert-OH is 1. The summed E-state index contributed by atoms with van der Waals surface area (Å²) in [4.78, 5) is 19.6. The second-order valence-electron chi connectivity index (χ2n) is 3.71. The molecule has 0 radical (unpaired) electrons. The number of rotatable bonds is 5. The molecule has 92 valence electrons. The van der Waals surface area contributed by atoms with E-state index in [9.17, 15) is 9.90 Å². The lowest BCUT2D eigenvalue weighted by Crippen LogP contribution is -2.35. The van der Waals surface area contributed by atoms with E-state index in [4.69, 9.17) is 0 Å². The number of nitrogens with zero attached hydrogens (tertiary/aromatic N) is 3. The standard InChI is InChI=1S/C10H14N4O2S/c1-2-3-7(5-15)13-14-9-8(17-10(14)16)4-11-6-12-9/h4,6-7,13,15H,2-3,5H2,1H3/t7-/m1/s1. The van der Waals surface area contributed by atoms with Gasteiger partial charge in [-0.1, -0.05) is 24.7 Å². The summed E-state index contributed by atoms with van der Waals surface area (Å²) in [6, 6.07) is -0.134. The van der Waals surface area contributed by atoms with E-state index in [1.54, 1.807) is 6.20 Å². The molecule has 2 aromatic rings. The minimum Gasteiger partial charge on any atom is -0.394 e. The Morgan fingerprint density at radius 3 is 3.18 bits per heavy atom. The van der Waals surface area contributed by atoms with Crippen LogP contribution >= 0.6 is 11.3 Å². The SMILES string of the molecule is CCC[C@H](CO)Nn1c(=O)sc2cncnc21. The van der Waals surface area contributed by atoms with E-state index in [0.717, 1.165) is 28.9 Å². The summed E-state index contributed by atoms with van der Waals surface area (Å²) in [6.45, 7) is 2.02. The van der Waals surface area contributed by atoms with Crippen molar-refractivity contribution in [3.8, 4) is 0 Å². The lowest BCUT2D eigenvalue weighted by Gasteiger charge is -2.16. The van der Waals surface area contributed by atoms with Gasteiger partial charge in [0.15, 0.2) is 5.65 Å². The van der Waals surface area contributed by atoms with Crippen LogP contribution in [0.5, 0.6) is 0 Å². The Kier molecular flexibility index (Phi) is 3.70. The molecule has 2 rings (SSSR count). The molecule has 0 fully saturated rings. The third-order valence-electron chi connectivity index (χ3n) is 2.42. The summed E-state index contributed by atoms with van der Waals surface area (Å²) in [6.07, 6.45) is 4.75. The monoisotopic (exact) mass is 254 g/mol. The number of hydrogen-bond donors (Lipinski definition) is 2. The molecule has 0 unspecified atom stereocenters. The maximum absolute atomic E-state index is 11.8. The molecule has 0 bridgehead atoms. The highest BCUT2D eigenvalue weighted by Gasteiger charge is 2.12. The van der Waals surface area contributed by atoms with Crippen LogP contribution in [0.3, 0.4) is 0 Å². The van der Waals surface area contributed by atoms with Crippen molar-refractivity contribution in [3.63, 3.8) is 0 Å². The van der Waals surface area contributed by atoms with E-state index in [1.165, 1.54) is 11.0 Å². The van der Waals surface area contributed by atoms with Crippen molar-refractivity contribution >= 4 is 21.7 Å². The van der Waals surface area contributed by atoms with Gasteiger partial charge in [0.25, 0.3) is 0 Å². The number of aromatic nitrogens is 3. The molecule has 0 aliphatic carbocycles. The molecule has 0 aliphatic rings. The molecular formula is C10H14N4O2S. The first-order valence-electron chi connectivity index (χ1n) is 5.45. The summed E-state index contributed by atoms with van der Waals surface area (Å²) in [7, 11) is 0. The van der Waals surface area contributed by atoms with Gasteiger partial charge >= 0.3 is 4.87 Å². The zero-order chi connectivity index (χ0) is 12.3. The molecule has 0 aromatic carbocycles. The van der Waals surface area contributed by atoms with Crippen molar-refractivity contribution in [2.24, 2.45) is 0 Å². The van der Waals surface area contributed by atoms with Gasteiger partial charge < -0.3 is 10.5 Å². The second kappa shape index (κ2) is 5.24. The molecule has 0 aliphatic heterocycles. The predicted octanol–water partition coefficient (Wildman–Crippen LogP) is 0.557. The van der Waals surface area contributed by atoms with Crippen molar-refractivity contribution in [1.82, 2.24) is 14.6 Å². The van der Waals surface area contributed by atoms with Crippen molar-refractivity contribution in [2.75, 3.05) is 12.0 Å². The van der Waals surface area contributed by atoms with Gasteiger partial charge in [-0.25, -0.2) is 9.97 Å². The summed E-state index contributed by atoms with van der Waals surface area (Å²) in [5, 5.41) is 9.21. The quantitative estimate of drug-likeness (QED) is 0.815. The fourth-order valence-corrected chi connectivity index (χ4v) is 2.39. The van der Waals surface area contributed by atoms with Crippen molar-refractivity contribution in [3.05, 3.63) is 22.2 Å². The van der Waals surface area contributed by atoms with E-state index in [0.29, 0.717) is 5.65 Å². The van der Waals surface area contributed by atoms with E-state index in [1.807, 2.05) is 6.92 Å². The van der Waals surface area contributed by atoms with E-state index < -0.39 is 0 Å². The number of fused-ring (bicyclic) bond motifs is 1. The Hall–Kier alpha value is -1.47. The van der Waals surface area contributed by atoms with Gasteiger partial charge in [0.2, 0.25) is 0 Å². The van der Waals surface area contributed by atoms with Crippen molar-refractivity contribution in [1.29, 1.82) is 0 Å². The molecule has 2 aromatic heterocycles. The molecule has 0 spiro atoms. The van der Waals surface area contributed by atoms with Crippen LogP contribution in [-0.2, 0) is 0 Å². The molecule has 17 heavy (non-hydrogen) atoms. The van der Waals surface area contributed by atoms with E-state index in [2.05, 4.69) is 15.4 Å². The number of nitrogens with one attached hydrogen (secondary N) is 1. The maximum Gasteiger partial charge on any atom is 0.328 e. The van der Waals surface area contributed by atoms with Crippen LogP contribution in [0.2, 0.25) is 0 Å². The predicted molar refractivity (Wildman–Crippen MR) is 66.8 cm³/mol. The summed E-state index contributed by atoms with van der Waals surface area (Å²) in [5.74, 6) is 0. The molecule has 0 amide bonds. The summed E-state index contributed by atoms with van der Waals surface area (Å²) < 4.78 is 2.12. The highest BCUT2D eigenvalue weighted by molar-refractivity contribution is 7.16. The Morgan fingerprint density at radius 2 is 2.47 bits per heavy atom. The Balaban J connectivity index is 2.34. The van der Waals surface area contributed by atoms with Gasteiger partial charge in [0, 0.05) is 6.20 Å². The molecule has 7 heteroatoms. The lowest BCUT2D eigenvalue weighted by molar-refractivity contribution is 0.261. The van der Waals surface area contributed by atoms with Gasteiger partial charge in [-0.3, -0.25) is 4.79 Å². The van der Waals surface area contributed by atoms with Gasteiger partial charge in [0.1, 0.15) is 6.33 Å². The minimum atomic E-state index is -0.143. The zero-order valence-electron chi connectivity index (χ0n) is 9.46. The van der Waals surface area contributed by atoms with Gasteiger partial charge in [-0.15, -0.1) is 0 Å². The number of thiazole rings is 1. The topological polar surface area (TPSA) is 80.0 Å². The van der Waals surface area contributed by atoms with Crippen LogP contribution in [0.4, 0.5) is 0 Å². The Bertz CT molecular complexity index is 550. The first-order valence-corrected chi connectivity index (χ1v) is 6.27. The molecular weight excluding hydrogens is 240 g/mol. The van der Waals surface area contributed by atoms with E-state index >= 15 is 0 Å². The molecule has 0 saturated carbocycles. The first-order chi connectivity index (χ1) is 8.26. The summed E-state index contributed by atoms with van der Waals surface area (Å²) in [5.41, 5.74) is 3.55. The van der Waals surface area contributed by atoms with Crippen molar-refractivity contribution in [2.45, 2.75) is 25.8 Å². The third-order valence-corrected chi connectivity index (χ3v) is 3.28. The highest BCUT2D eigenvalue weighted by Crippen LogP contribution is 2.11. The molecule has 6 nitrogen and oxygen atoms in total. The first kappa shape index (κ1) is 12.0. The lowest BCUT2D eigenvalue weighted by atomic mass is 10.2. The average molecular weight is 254 g/mol. The van der Waals surface area contributed by atoms with Crippen LogP contribution in [-0.4, -0.2) is 32.4 Å². The number of hydrogen-bond acceptors (Lipinski definition) is 6. The van der Waals surface area contributed by atoms with Crippen LogP contribution < -0.4 is 10.3 Å². The number of aliphatic hydroxyl groups is 1. The average Bonchev–Trinajstić information content (AvgIpc) is 2.65. The summed E-state index contributed by atoms with van der Waals surface area (Å²) >= 11 is 1.09. The van der Waals surface area contributed by atoms with Crippen LogP contribution in [0, 0.1) is 0 Å². The van der Waals surface area contributed by atoms with Crippen LogP contribution in [0.1, 0.15) is 19.8 Å². The fourth-order valence-electron chi connectivity index (χ4n) is 1.62. The molecule has 2 N–H and O–H groups in total. The van der Waals surface area contributed by atoms with Gasteiger partial charge in [-0.2, -0.15) is 4.68 Å². The van der Waals surface area contributed by atoms with Crippen LogP contribution in [0.25, 0.3) is 10.3 Å². The normalized spacial score (nSPS) is 12.8. The smallest absolute Gasteiger partial charge is 0.328 e. The van der Waals surface area contributed by atoms with Gasteiger partial charge in [-0.05, 0) is 6.42 Å². The maximum atomic E-state index is 11.8. The largest absolute Gasteiger partial charge is 0.394 e. The molecule has 0 saturated heterocycles. The third kappa shape index (κ3) is 2.45. The minimum absolute atomic E-state index is 0.0112. The van der Waals surface area contributed by atoms with Crippen LogP contribution in [0.15, 0.2) is 17.3 Å². The highest BCUT2D eigenvalue weighted by atomic mass is 32.1. The Morgan fingerprint density at radius 1 is 1.65 bits per heavy atom. The van der Waals surface area contributed by atoms with Gasteiger partial charge in [0.05, 0.1) is 17.3 Å². The van der Waals surface area contributed by atoms with Crippen molar-refractivity contribution < 1.29 is 5.11 Å². The van der Waals surface area contributed by atoms with E-state index in [-0.39, 0.29) is 17.5 Å².